The molecule has 0 aliphatic rings. The molecule has 0 aliphatic heterocycles. The Morgan fingerprint density at radius 1 is 0.833 bits per heavy atom. The summed E-state index contributed by atoms with van der Waals surface area (Å²) in [5.74, 6) is -0.244. The van der Waals surface area contributed by atoms with E-state index >= 15 is 0 Å². The van der Waals surface area contributed by atoms with Gasteiger partial charge in [0.2, 0.25) is 0 Å². The number of sulfonamides is 1. The van der Waals surface area contributed by atoms with Gasteiger partial charge in [-0.05, 0) is 85.5 Å². The molecule has 5 nitrogen and oxygen atoms in total. The number of hydrogen-bond donors (Lipinski definition) is 0. The summed E-state index contributed by atoms with van der Waals surface area (Å²) in [7, 11) is -4.24. The molecule has 184 valence electrons. The van der Waals surface area contributed by atoms with Crippen molar-refractivity contribution in [2.45, 2.75) is 31.8 Å². The predicted molar refractivity (Wildman–Crippen MR) is 144 cm³/mol. The van der Waals surface area contributed by atoms with Gasteiger partial charge >= 0.3 is 0 Å². The number of ether oxygens (including phenoxy) is 1. The Labute approximate surface area is 217 Å². The third-order valence-corrected chi connectivity index (χ3v) is 7.73. The first-order valence-corrected chi connectivity index (χ1v) is 13.2. The van der Waals surface area contributed by atoms with Crippen LogP contribution in [-0.2, 0) is 14.8 Å². The number of aryl methyl sites for hydroxylation is 2. The standard InChI is InChI=1S/C29H26ClNO4S/c1-20-9-10-21(2)28(19-20)31(36(33,34)27-17-13-25(30)14-18-27)29(32)22(3)35-26-15-11-24(12-16-26)23-7-5-4-6-8-23/h4-19,22H,1-3H3. The Bertz CT molecular complexity index is 1470. The van der Waals surface area contributed by atoms with Crippen LogP contribution in [-0.4, -0.2) is 20.4 Å². The quantitative estimate of drug-likeness (QED) is 0.269. The number of benzene rings is 4. The highest BCUT2D eigenvalue weighted by atomic mass is 35.5. The molecule has 0 aliphatic carbocycles. The van der Waals surface area contributed by atoms with Gasteiger partial charge in [-0.1, -0.05) is 66.2 Å². The number of nitrogens with zero attached hydrogens (tertiary/aromatic N) is 1. The number of carbonyl (C=O) groups is 1. The Kier molecular flexibility index (Phi) is 7.48. The highest BCUT2D eigenvalue weighted by Crippen LogP contribution is 2.30. The smallest absolute Gasteiger partial charge is 0.281 e. The van der Waals surface area contributed by atoms with Crippen molar-refractivity contribution in [1.29, 1.82) is 0 Å². The summed E-state index contributed by atoms with van der Waals surface area (Å²) in [6, 6.07) is 28.3. The van der Waals surface area contributed by atoms with E-state index in [0.717, 1.165) is 21.0 Å². The third-order valence-electron chi connectivity index (χ3n) is 5.76. The minimum atomic E-state index is -4.24. The summed E-state index contributed by atoms with van der Waals surface area (Å²) in [6.45, 7) is 5.15. The average molecular weight is 520 g/mol. The molecule has 0 fully saturated rings. The molecular formula is C29H26ClNO4S. The fourth-order valence-electron chi connectivity index (χ4n) is 3.79. The molecule has 4 aromatic carbocycles. The van der Waals surface area contributed by atoms with Gasteiger partial charge < -0.3 is 4.74 Å². The van der Waals surface area contributed by atoms with Crippen molar-refractivity contribution in [2.75, 3.05) is 4.31 Å². The van der Waals surface area contributed by atoms with E-state index in [-0.39, 0.29) is 10.6 Å². The van der Waals surface area contributed by atoms with Crippen molar-refractivity contribution in [1.82, 2.24) is 0 Å². The zero-order chi connectivity index (χ0) is 25.9. The largest absolute Gasteiger partial charge is 0.481 e. The fourth-order valence-corrected chi connectivity index (χ4v) is 5.45. The molecule has 4 rings (SSSR count). The number of amides is 1. The van der Waals surface area contributed by atoms with Crippen LogP contribution in [0.1, 0.15) is 18.1 Å². The van der Waals surface area contributed by atoms with Crippen LogP contribution >= 0.6 is 11.6 Å². The molecule has 0 spiro atoms. The Morgan fingerprint density at radius 3 is 2.08 bits per heavy atom. The number of carbonyl (C=O) groups excluding carboxylic acids is 1. The molecule has 7 heteroatoms. The average Bonchev–Trinajstić information content (AvgIpc) is 2.87. The minimum absolute atomic E-state index is 0.0411. The second-order valence-electron chi connectivity index (χ2n) is 8.50. The van der Waals surface area contributed by atoms with E-state index in [1.54, 1.807) is 38.1 Å². The van der Waals surface area contributed by atoms with Crippen LogP contribution in [0.15, 0.2) is 102 Å². The Balaban J connectivity index is 1.67. The monoisotopic (exact) mass is 519 g/mol. The van der Waals surface area contributed by atoms with E-state index in [1.165, 1.54) is 24.3 Å². The first kappa shape index (κ1) is 25.5. The SMILES string of the molecule is Cc1ccc(C)c(N(C(=O)C(C)Oc2ccc(-c3ccccc3)cc2)S(=O)(=O)c2ccc(Cl)cc2)c1. The molecule has 0 radical (unpaired) electrons. The summed E-state index contributed by atoms with van der Waals surface area (Å²) in [5.41, 5.74) is 3.81. The highest BCUT2D eigenvalue weighted by molar-refractivity contribution is 7.93. The predicted octanol–water partition coefficient (Wildman–Crippen LogP) is 6.81. The van der Waals surface area contributed by atoms with Crippen LogP contribution in [0, 0.1) is 13.8 Å². The van der Waals surface area contributed by atoms with Gasteiger partial charge in [-0.3, -0.25) is 4.79 Å². The minimum Gasteiger partial charge on any atom is -0.481 e. The second-order valence-corrected chi connectivity index (χ2v) is 10.7. The normalized spacial score (nSPS) is 12.1. The van der Waals surface area contributed by atoms with Gasteiger partial charge in [-0.15, -0.1) is 0 Å². The zero-order valence-electron chi connectivity index (χ0n) is 20.2. The van der Waals surface area contributed by atoms with Gasteiger partial charge in [0.15, 0.2) is 6.10 Å². The molecule has 0 N–H and O–H groups in total. The van der Waals surface area contributed by atoms with Crippen LogP contribution in [0.25, 0.3) is 11.1 Å². The van der Waals surface area contributed by atoms with E-state index in [9.17, 15) is 13.2 Å². The summed E-state index contributed by atoms with van der Waals surface area (Å²) < 4.78 is 34.2. The third kappa shape index (κ3) is 5.45. The first-order valence-electron chi connectivity index (χ1n) is 11.4. The van der Waals surface area contributed by atoms with Crippen molar-refractivity contribution < 1.29 is 17.9 Å². The molecule has 1 atom stereocenters. The molecular weight excluding hydrogens is 494 g/mol. The van der Waals surface area contributed by atoms with Gasteiger partial charge in [0.05, 0.1) is 10.6 Å². The molecule has 0 heterocycles. The van der Waals surface area contributed by atoms with Crippen LogP contribution in [0.2, 0.25) is 5.02 Å². The van der Waals surface area contributed by atoms with Gasteiger partial charge in [-0.25, -0.2) is 8.42 Å². The molecule has 0 saturated heterocycles. The lowest BCUT2D eigenvalue weighted by Gasteiger charge is -2.27. The molecule has 36 heavy (non-hydrogen) atoms. The van der Waals surface area contributed by atoms with E-state index < -0.39 is 22.0 Å². The van der Waals surface area contributed by atoms with E-state index in [4.69, 9.17) is 16.3 Å². The topological polar surface area (TPSA) is 63.7 Å². The fraction of sp³-hybridized carbons (Fsp3) is 0.138. The van der Waals surface area contributed by atoms with Gasteiger partial charge in [0, 0.05) is 5.02 Å². The molecule has 1 unspecified atom stereocenters. The lowest BCUT2D eigenvalue weighted by atomic mass is 10.1. The molecule has 0 saturated carbocycles. The van der Waals surface area contributed by atoms with E-state index in [1.807, 2.05) is 55.5 Å². The lowest BCUT2D eigenvalue weighted by molar-refractivity contribution is -0.123. The lowest BCUT2D eigenvalue weighted by Crippen LogP contribution is -2.44. The number of anilines is 1. The van der Waals surface area contributed by atoms with Gasteiger partial charge in [0.1, 0.15) is 5.75 Å². The zero-order valence-corrected chi connectivity index (χ0v) is 21.8. The summed E-state index contributed by atoms with van der Waals surface area (Å²) in [6.07, 6.45) is -1.07. The van der Waals surface area contributed by atoms with Crippen molar-refractivity contribution in [3.63, 3.8) is 0 Å². The van der Waals surface area contributed by atoms with Crippen molar-refractivity contribution in [3.8, 4) is 16.9 Å². The maximum Gasteiger partial charge on any atom is 0.281 e. The molecule has 1 amide bonds. The first-order chi connectivity index (χ1) is 17.2. The highest BCUT2D eigenvalue weighted by Gasteiger charge is 2.35. The maximum absolute atomic E-state index is 13.7. The summed E-state index contributed by atoms with van der Waals surface area (Å²) in [5, 5.41) is 0.397. The van der Waals surface area contributed by atoms with Gasteiger partial charge in [-0.2, -0.15) is 4.31 Å². The summed E-state index contributed by atoms with van der Waals surface area (Å²) in [4.78, 5) is 13.6. The van der Waals surface area contributed by atoms with Crippen LogP contribution in [0.5, 0.6) is 5.75 Å². The van der Waals surface area contributed by atoms with Crippen LogP contribution < -0.4 is 9.04 Å². The second kappa shape index (κ2) is 10.6. The molecule has 0 aromatic heterocycles. The molecule has 0 bridgehead atoms. The Morgan fingerprint density at radius 2 is 1.44 bits per heavy atom. The molecule has 4 aromatic rings. The van der Waals surface area contributed by atoms with Crippen molar-refractivity contribution >= 4 is 33.2 Å². The number of hydrogen-bond acceptors (Lipinski definition) is 4. The Hall–Kier alpha value is -3.61. The van der Waals surface area contributed by atoms with Crippen molar-refractivity contribution in [3.05, 3.63) is 113 Å². The van der Waals surface area contributed by atoms with Gasteiger partial charge in [0.25, 0.3) is 15.9 Å². The number of halogens is 1. The number of rotatable bonds is 7. The van der Waals surface area contributed by atoms with E-state index in [2.05, 4.69) is 0 Å². The van der Waals surface area contributed by atoms with Crippen molar-refractivity contribution in [2.24, 2.45) is 0 Å². The van der Waals surface area contributed by atoms with Crippen LogP contribution in [0.4, 0.5) is 5.69 Å². The van der Waals surface area contributed by atoms with E-state index in [0.29, 0.717) is 16.3 Å². The maximum atomic E-state index is 13.7. The summed E-state index contributed by atoms with van der Waals surface area (Å²) >= 11 is 5.96. The van der Waals surface area contributed by atoms with Crippen LogP contribution in [0.3, 0.4) is 0 Å².